The van der Waals surface area contributed by atoms with Gasteiger partial charge in [0, 0.05) is 43.0 Å². The van der Waals surface area contributed by atoms with Crippen LogP contribution in [-0.4, -0.2) is 47.9 Å². The van der Waals surface area contributed by atoms with E-state index in [2.05, 4.69) is 9.88 Å². The number of rotatable bonds is 9. The zero-order chi connectivity index (χ0) is 18.1. The SMILES string of the molecule is CN(C)CCN(Cc1cccc(Cl)c1)C(=O)CCCc1ccccn1. The number of halogens is 1. The summed E-state index contributed by atoms with van der Waals surface area (Å²) in [6.45, 7) is 2.14. The van der Waals surface area contributed by atoms with E-state index in [-0.39, 0.29) is 5.91 Å². The molecule has 0 aliphatic heterocycles. The molecule has 0 saturated carbocycles. The van der Waals surface area contributed by atoms with Crippen LogP contribution in [0.5, 0.6) is 0 Å². The van der Waals surface area contributed by atoms with Gasteiger partial charge in [0.05, 0.1) is 0 Å². The average Bonchev–Trinajstić information content (AvgIpc) is 2.59. The summed E-state index contributed by atoms with van der Waals surface area (Å²) in [6, 6.07) is 13.6. The molecule has 1 heterocycles. The number of nitrogens with zero attached hydrogens (tertiary/aromatic N) is 3. The van der Waals surface area contributed by atoms with Gasteiger partial charge in [-0.15, -0.1) is 0 Å². The third-order valence-corrected chi connectivity index (χ3v) is 4.22. The van der Waals surface area contributed by atoms with E-state index < -0.39 is 0 Å². The fourth-order valence-electron chi connectivity index (χ4n) is 2.59. The highest BCUT2D eigenvalue weighted by Crippen LogP contribution is 2.14. The quantitative estimate of drug-likeness (QED) is 0.685. The molecular weight excluding hydrogens is 334 g/mol. The molecule has 0 N–H and O–H groups in total. The van der Waals surface area contributed by atoms with Crippen LogP contribution >= 0.6 is 11.6 Å². The van der Waals surface area contributed by atoms with Crippen molar-refractivity contribution in [2.45, 2.75) is 25.8 Å². The summed E-state index contributed by atoms with van der Waals surface area (Å²) in [5.41, 5.74) is 2.09. The molecule has 134 valence electrons. The van der Waals surface area contributed by atoms with E-state index in [0.29, 0.717) is 24.5 Å². The molecule has 4 nitrogen and oxygen atoms in total. The maximum Gasteiger partial charge on any atom is 0.222 e. The van der Waals surface area contributed by atoms with Gasteiger partial charge in [-0.05, 0) is 56.8 Å². The highest BCUT2D eigenvalue weighted by molar-refractivity contribution is 6.30. The van der Waals surface area contributed by atoms with Crippen molar-refractivity contribution in [1.82, 2.24) is 14.8 Å². The number of aryl methyl sites for hydroxylation is 1. The Kier molecular flexibility index (Phi) is 7.89. The molecule has 0 aliphatic rings. The molecule has 1 amide bonds. The summed E-state index contributed by atoms with van der Waals surface area (Å²) in [5.74, 6) is 0.178. The molecule has 0 radical (unpaired) electrons. The molecule has 5 heteroatoms. The van der Waals surface area contributed by atoms with Gasteiger partial charge in [0.25, 0.3) is 0 Å². The molecule has 0 spiro atoms. The van der Waals surface area contributed by atoms with Crippen molar-refractivity contribution in [3.05, 3.63) is 64.9 Å². The lowest BCUT2D eigenvalue weighted by Crippen LogP contribution is -2.36. The summed E-state index contributed by atoms with van der Waals surface area (Å²) in [7, 11) is 4.03. The molecule has 1 aromatic heterocycles. The fraction of sp³-hybridized carbons (Fsp3) is 0.400. The van der Waals surface area contributed by atoms with Crippen LogP contribution in [0.15, 0.2) is 48.7 Å². The summed E-state index contributed by atoms with van der Waals surface area (Å²) in [6.07, 6.45) is 3.96. The Hall–Kier alpha value is -1.91. The molecule has 2 rings (SSSR count). The number of pyridine rings is 1. The minimum absolute atomic E-state index is 0.178. The third-order valence-electron chi connectivity index (χ3n) is 3.98. The number of carbonyl (C=O) groups is 1. The Morgan fingerprint density at radius 3 is 2.64 bits per heavy atom. The largest absolute Gasteiger partial charge is 0.337 e. The number of benzene rings is 1. The van der Waals surface area contributed by atoms with E-state index in [0.717, 1.165) is 30.6 Å². The second-order valence-corrected chi connectivity index (χ2v) is 6.86. The minimum Gasteiger partial charge on any atom is -0.337 e. The maximum atomic E-state index is 12.7. The van der Waals surface area contributed by atoms with Crippen molar-refractivity contribution >= 4 is 17.5 Å². The Morgan fingerprint density at radius 2 is 1.96 bits per heavy atom. The summed E-state index contributed by atoms with van der Waals surface area (Å²) in [4.78, 5) is 21.0. The van der Waals surface area contributed by atoms with Crippen molar-refractivity contribution in [2.75, 3.05) is 27.2 Å². The van der Waals surface area contributed by atoms with Gasteiger partial charge in [-0.1, -0.05) is 29.8 Å². The Bertz CT molecular complexity index is 661. The Morgan fingerprint density at radius 1 is 1.12 bits per heavy atom. The van der Waals surface area contributed by atoms with Crippen molar-refractivity contribution in [1.29, 1.82) is 0 Å². The average molecular weight is 360 g/mol. The molecular formula is C20H26ClN3O. The van der Waals surface area contributed by atoms with Gasteiger partial charge >= 0.3 is 0 Å². The van der Waals surface area contributed by atoms with E-state index in [1.807, 2.05) is 61.5 Å². The predicted molar refractivity (Wildman–Crippen MR) is 103 cm³/mol. The van der Waals surface area contributed by atoms with E-state index in [4.69, 9.17) is 11.6 Å². The molecule has 1 aromatic carbocycles. The van der Waals surface area contributed by atoms with Crippen LogP contribution in [0.3, 0.4) is 0 Å². The van der Waals surface area contributed by atoms with Crippen molar-refractivity contribution in [3.8, 4) is 0 Å². The number of likely N-dealkylation sites (N-methyl/N-ethyl adjacent to an activating group) is 1. The first-order valence-corrected chi connectivity index (χ1v) is 8.99. The van der Waals surface area contributed by atoms with Crippen LogP contribution in [0, 0.1) is 0 Å². The van der Waals surface area contributed by atoms with Crippen molar-refractivity contribution in [2.24, 2.45) is 0 Å². The first-order chi connectivity index (χ1) is 12.0. The highest BCUT2D eigenvalue weighted by Gasteiger charge is 2.14. The lowest BCUT2D eigenvalue weighted by atomic mass is 10.1. The van der Waals surface area contributed by atoms with Crippen molar-refractivity contribution in [3.63, 3.8) is 0 Å². The van der Waals surface area contributed by atoms with Crippen LogP contribution in [0.25, 0.3) is 0 Å². The monoisotopic (exact) mass is 359 g/mol. The first kappa shape index (κ1) is 19.4. The van der Waals surface area contributed by atoms with Crippen LogP contribution in [0.2, 0.25) is 5.02 Å². The van der Waals surface area contributed by atoms with Crippen LogP contribution in [0.4, 0.5) is 0 Å². The van der Waals surface area contributed by atoms with Gasteiger partial charge in [0.1, 0.15) is 0 Å². The zero-order valence-corrected chi connectivity index (χ0v) is 15.7. The van der Waals surface area contributed by atoms with Gasteiger partial charge in [0.2, 0.25) is 5.91 Å². The van der Waals surface area contributed by atoms with E-state index in [9.17, 15) is 4.79 Å². The van der Waals surface area contributed by atoms with E-state index in [1.165, 1.54) is 0 Å². The van der Waals surface area contributed by atoms with Gasteiger partial charge in [0.15, 0.2) is 0 Å². The molecule has 0 bridgehead atoms. The third kappa shape index (κ3) is 7.24. The maximum absolute atomic E-state index is 12.7. The fourth-order valence-corrected chi connectivity index (χ4v) is 2.81. The minimum atomic E-state index is 0.178. The standard InChI is InChI=1S/C20H26ClN3O/c1-23(2)13-14-24(16-17-7-5-8-18(21)15-17)20(25)11-6-10-19-9-3-4-12-22-19/h3-5,7-9,12,15H,6,10-11,13-14,16H2,1-2H3. The molecule has 0 atom stereocenters. The molecule has 25 heavy (non-hydrogen) atoms. The normalized spacial score (nSPS) is 10.9. The number of hydrogen-bond acceptors (Lipinski definition) is 3. The second kappa shape index (κ2) is 10.2. The summed E-state index contributed by atoms with van der Waals surface area (Å²) in [5, 5.41) is 0.702. The number of amides is 1. The summed E-state index contributed by atoms with van der Waals surface area (Å²) >= 11 is 6.07. The van der Waals surface area contributed by atoms with Crippen molar-refractivity contribution < 1.29 is 4.79 Å². The van der Waals surface area contributed by atoms with Gasteiger partial charge in [-0.25, -0.2) is 0 Å². The predicted octanol–water partition coefficient (Wildman–Crippen LogP) is 3.65. The number of carbonyl (C=O) groups excluding carboxylic acids is 1. The van der Waals surface area contributed by atoms with Crippen LogP contribution < -0.4 is 0 Å². The molecule has 0 aliphatic carbocycles. The van der Waals surface area contributed by atoms with Gasteiger partial charge < -0.3 is 9.80 Å². The van der Waals surface area contributed by atoms with Crippen LogP contribution in [0.1, 0.15) is 24.1 Å². The smallest absolute Gasteiger partial charge is 0.222 e. The number of hydrogen-bond donors (Lipinski definition) is 0. The topological polar surface area (TPSA) is 36.4 Å². The Labute approximate surface area is 155 Å². The summed E-state index contributed by atoms with van der Waals surface area (Å²) < 4.78 is 0. The second-order valence-electron chi connectivity index (χ2n) is 6.42. The van der Waals surface area contributed by atoms with Gasteiger partial charge in [-0.3, -0.25) is 9.78 Å². The first-order valence-electron chi connectivity index (χ1n) is 8.61. The molecule has 0 unspecified atom stereocenters. The van der Waals surface area contributed by atoms with E-state index >= 15 is 0 Å². The number of aromatic nitrogens is 1. The van der Waals surface area contributed by atoms with Gasteiger partial charge in [-0.2, -0.15) is 0 Å². The Balaban J connectivity index is 1.92. The highest BCUT2D eigenvalue weighted by atomic mass is 35.5. The lowest BCUT2D eigenvalue weighted by molar-refractivity contribution is -0.132. The molecule has 0 fully saturated rings. The van der Waals surface area contributed by atoms with E-state index in [1.54, 1.807) is 6.20 Å². The van der Waals surface area contributed by atoms with Crippen LogP contribution in [-0.2, 0) is 17.8 Å². The molecule has 2 aromatic rings. The zero-order valence-electron chi connectivity index (χ0n) is 15.0. The molecule has 0 saturated heterocycles. The lowest BCUT2D eigenvalue weighted by Gasteiger charge is -2.25.